The minimum atomic E-state index is 0.641. The van der Waals surface area contributed by atoms with Crippen LogP contribution < -0.4 is 10.2 Å². The highest BCUT2D eigenvalue weighted by molar-refractivity contribution is 5.57. The minimum absolute atomic E-state index is 0.641. The maximum atomic E-state index is 3.35. The molecule has 0 aliphatic carbocycles. The molecule has 0 radical (unpaired) electrons. The zero-order valence-electron chi connectivity index (χ0n) is 12.0. The molecule has 0 bridgehead atoms. The van der Waals surface area contributed by atoms with E-state index in [4.69, 9.17) is 0 Å². The Morgan fingerprint density at radius 1 is 1.39 bits per heavy atom. The van der Waals surface area contributed by atoms with E-state index >= 15 is 0 Å². The van der Waals surface area contributed by atoms with Gasteiger partial charge >= 0.3 is 0 Å². The molecule has 0 fully saturated rings. The Labute approximate surface area is 111 Å². The van der Waals surface area contributed by atoms with E-state index in [2.05, 4.69) is 49.3 Å². The molecule has 1 aliphatic heterocycles. The first-order chi connectivity index (χ1) is 8.76. The summed E-state index contributed by atoms with van der Waals surface area (Å²) in [6.45, 7) is 6.77. The largest absolute Gasteiger partial charge is 0.367 e. The summed E-state index contributed by atoms with van der Waals surface area (Å²) >= 11 is 0. The number of aryl methyl sites for hydroxylation is 2. The summed E-state index contributed by atoms with van der Waals surface area (Å²) in [4.78, 5) is 2.62. The topological polar surface area (TPSA) is 15.3 Å². The van der Waals surface area contributed by atoms with Crippen LogP contribution in [0.15, 0.2) is 18.2 Å². The van der Waals surface area contributed by atoms with Gasteiger partial charge in [-0.05, 0) is 44.9 Å². The lowest BCUT2D eigenvalue weighted by molar-refractivity contribution is 0.501. The molecule has 1 unspecified atom stereocenters. The van der Waals surface area contributed by atoms with Crippen LogP contribution in [0.1, 0.15) is 37.3 Å². The summed E-state index contributed by atoms with van der Waals surface area (Å²) in [5.41, 5.74) is 4.40. The zero-order valence-corrected chi connectivity index (χ0v) is 12.0. The van der Waals surface area contributed by atoms with E-state index in [9.17, 15) is 0 Å². The molecule has 100 valence electrons. The van der Waals surface area contributed by atoms with Crippen LogP contribution in [-0.4, -0.2) is 26.2 Å². The van der Waals surface area contributed by atoms with E-state index in [1.807, 2.05) is 0 Å². The summed E-state index contributed by atoms with van der Waals surface area (Å²) in [6.07, 6.45) is 5.06. The van der Waals surface area contributed by atoms with Crippen LogP contribution in [0.2, 0.25) is 0 Å². The molecule has 0 aromatic heterocycles. The first kappa shape index (κ1) is 13.4. The fraction of sp³-hybridized carbons (Fsp3) is 0.625. The van der Waals surface area contributed by atoms with Gasteiger partial charge in [0, 0.05) is 24.8 Å². The van der Waals surface area contributed by atoms with Crippen molar-refractivity contribution < 1.29 is 0 Å². The maximum absolute atomic E-state index is 3.35. The summed E-state index contributed by atoms with van der Waals surface area (Å²) < 4.78 is 0. The molecule has 2 nitrogen and oxygen atoms in total. The first-order valence-electron chi connectivity index (χ1n) is 7.27. The van der Waals surface area contributed by atoms with E-state index in [1.165, 1.54) is 43.5 Å². The van der Waals surface area contributed by atoms with Crippen molar-refractivity contribution in [2.24, 2.45) is 0 Å². The fourth-order valence-electron chi connectivity index (χ4n) is 3.07. The van der Waals surface area contributed by atoms with Crippen molar-refractivity contribution in [2.45, 2.75) is 45.6 Å². The molecule has 0 amide bonds. The van der Waals surface area contributed by atoms with Gasteiger partial charge in [0.1, 0.15) is 0 Å². The average molecular weight is 246 g/mol. The SMILES string of the molecule is CCCC(CNC)N1CCCc2cc(C)ccc21. The predicted octanol–water partition coefficient (Wildman–Crippen LogP) is 3.14. The molecule has 1 aliphatic rings. The van der Waals surface area contributed by atoms with Crippen LogP contribution >= 0.6 is 0 Å². The number of hydrogen-bond donors (Lipinski definition) is 1. The number of rotatable bonds is 5. The predicted molar refractivity (Wildman–Crippen MR) is 79.5 cm³/mol. The quantitative estimate of drug-likeness (QED) is 0.858. The van der Waals surface area contributed by atoms with E-state index in [0.717, 1.165) is 6.54 Å². The van der Waals surface area contributed by atoms with Crippen LogP contribution in [0.25, 0.3) is 0 Å². The zero-order chi connectivity index (χ0) is 13.0. The number of anilines is 1. The molecule has 1 atom stereocenters. The number of fused-ring (bicyclic) bond motifs is 1. The van der Waals surface area contributed by atoms with Gasteiger partial charge in [-0.1, -0.05) is 31.0 Å². The lowest BCUT2D eigenvalue weighted by Gasteiger charge is -2.38. The molecule has 1 aromatic carbocycles. The Bertz CT molecular complexity index is 381. The van der Waals surface area contributed by atoms with Crippen molar-refractivity contribution in [2.75, 3.05) is 25.0 Å². The van der Waals surface area contributed by atoms with Gasteiger partial charge in [-0.3, -0.25) is 0 Å². The Hall–Kier alpha value is -1.02. The lowest BCUT2D eigenvalue weighted by Crippen LogP contribution is -2.44. The van der Waals surface area contributed by atoms with E-state index < -0.39 is 0 Å². The second-order valence-corrected chi connectivity index (χ2v) is 5.43. The van der Waals surface area contributed by atoms with Crippen molar-refractivity contribution in [3.05, 3.63) is 29.3 Å². The van der Waals surface area contributed by atoms with E-state index in [0.29, 0.717) is 6.04 Å². The van der Waals surface area contributed by atoms with Gasteiger partial charge in [0.15, 0.2) is 0 Å². The Balaban J connectivity index is 2.24. The minimum Gasteiger partial charge on any atom is -0.367 e. The van der Waals surface area contributed by atoms with Crippen molar-refractivity contribution in [1.29, 1.82) is 0 Å². The van der Waals surface area contributed by atoms with Crippen molar-refractivity contribution in [3.8, 4) is 0 Å². The van der Waals surface area contributed by atoms with Gasteiger partial charge in [-0.2, -0.15) is 0 Å². The molecule has 1 heterocycles. The molecule has 0 saturated heterocycles. The molecule has 1 aromatic rings. The Kier molecular flexibility index (Phi) is 4.65. The first-order valence-corrected chi connectivity index (χ1v) is 7.27. The van der Waals surface area contributed by atoms with Crippen LogP contribution in [0, 0.1) is 6.92 Å². The number of nitrogens with one attached hydrogen (secondary N) is 1. The van der Waals surface area contributed by atoms with Gasteiger partial charge in [0.25, 0.3) is 0 Å². The van der Waals surface area contributed by atoms with Gasteiger partial charge in [-0.15, -0.1) is 0 Å². The summed E-state index contributed by atoms with van der Waals surface area (Å²) in [7, 11) is 2.06. The molecular formula is C16H26N2. The molecule has 18 heavy (non-hydrogen) atoms. The standard InChI is InChI=1S/C16H26N2/c1-4-6-15(12-17-3)18-10-5-7-14-11-13(2)8-9-16(14)18/h8-9,11,15,17H,4-7,10,12H2,1-3H3. The van der Waals surface area contributed by atoms with Crippen molar-refractivity contribution in [3.63, 3.8) is 0 Å². The Morgan fingerprint density at radius 2 is 2.22 bits per heavy atom. The molecule has 0 saturated carbocycles. The van der Waals surface area contributed by atoms with Gasteiger partial charge in [-0.25, -0.2) is 0 Å². The van der Waals surface area contributed by atoms with E-state index in [-0.39, 0.29) is 0 Å². The number of nitrogens with zero attached hydrogens (tertiary/aromatic N) is 1. The van der Waals surface area contributed by atoms with Crippen molar-refractivity contribution in [1.82, 2.24) is 5.32 Å². The monoisotopic (exact) mass is 246 g/mol. The summed E-state index contributed by atoms with van der Waals surface area (Å²) in [5, 5.41) is 3.35. The molecule has 2 rings (SSSR count). The number of benzene rings is 1. The fourth-order valence-corrected chi connectivity index (χ4v) is 3.07. The average Bonchev–Trinajstić information content (AvgIpc) is 2.37. The highest BCUT2D eigenvalue weighted by Crippen LogP contribution is 2.30. The third-order valence-corrected chi connectivity index (χ3v) is 3.89. The van der Waals surface area contributed by atoms with Crippen LogP contribution in [0.5, 0.6) is 0 Å². The molecular weight excluding hydrogens is 220 g/mol. The normalized spacial score (nSPS) is 16.5. The van der Waals surface area contributed by atoms with Gasteiger partial charge in [0.2, 0.25) is 0 Å². The van der Waals surface area contributed by atoms with Crippen molar-refractivity contribution >= 4 is 5.69 Å². The molecule has 2 heteroatoms. The highest BCUT2D eigenvalue weighted by atomic mass is 15.2. The number of hydrogen-bond acceptors (Lipinski definition) is 2. The van der Waals surface area contributed by atoms with Crippen LogP contribution in [0.4, 0.5) is 5.69 Å². The maximum Gasteiger partial charge on any atom is 0.0414 e. The van der Waals surface area contributed by atoms with E-state index in [1.54, 1.807) is 5.56 Å². The van der Waals surface area contributed by atoms with Gasteiger partial charge in [0.05, 0.1) is 0 Å². The summed E-state index contributed by atoms with van der Waals surface area (Å²) in [5.74, 6) is 0. The second-order valence-electron chi connectivity index (χ2n) is 5.43. The highest BCUT2D eigenvalue weighted by Gasteiger charge is 2.23. The van der Waals surface area contributed by atoms with Crippen LogP contribution in [-0.2, 0) is 6.42 Å². The third kappa shape index (κ3) is 2.86. The lowest BCUT2D eigenvalue weighted by atomic mass is 9.97. The van der Waals surface area contributed by atoms with Gasteiger partial charge < -0.3 is 10.2 Å². The molecule has 1 N–H and O–H groups in total. The number of likely N-dealkylation sites (N-methyl/N-ethyl adjacent to an activating group) is 1. The molecule has 0 spiro atoms. The third-order valence-electron chi connectivity index (χ3n) is 3.89. The Morgan fingerprint density at radius 3 is 2.94 bits per heavy atom. The smallest absolute Gasteiger partial charge is 0.0414 e. The second kappa shape index (κ2) is 6.24. The summed E-state index contributed by atoms with van der Waals surface area (Å²) in [6, 6.07) is 7.58. The van der Waals surface area contributed by atoms with Crippen LogP contribution in [0.3, 0.4) is 0 Å².